The number of amides is 1. The van der Waals surface area contributed by atoms with Gasteiger partial charge in [0.2, 0.25) is 0 Å². The minimum atomic E-state index is -0.455. The molecule has 1 fully saturated rings. The molecule has 1 N–H and O–H groups in total. The second-order valence-corrected chi connectivity index (χ2v) is 7.40. The summed E-state index contributed by atoms with van der Waals surface area (Å²) < 4.78 is 7.49. The van der Waals surface area contributed by atoms with Crippen LogP contribution in [0.3, 0.4) is 0 Å². The van der Waals surface area contributed by atoms with Crippen molar-refractivity contribution in [3.8, 4) is 0 Å². The monoisotopic (exact) mass is 307 g/mol. The van der Waals surface area contributed by atoms with Crippen LogP contribution < -0.4 is 5.32 Å². The van der Waals surface area contributed by atoms with E-state index in [1.54, 1.807) is 0 Å². The molecule has 22 heavy (non-hydrogen) atoms. The van der Waals surface area contributed by atoms with E-state index in [1.807, 2.05) is 33.3 Å². The molecule has 0 bridgehead atoms. The molecular formula is C17H29N3O2. The number of aromatic nitrogens is 2. The van der Waals surface area contributed by atoms with Crippen molar-refractivity contribution in [1.29, 1.82) is 0 Å². The molecule has 0 aromatic carbocycles. The van der Waals surface area contributed by atoms with E-state index < -0.39 is 5.60 Å². The number of hydrogen-bond acceptors (Lipinski definition) is 3. The average Bonchev–Trinajstić information content (AvgIpc) is 2.79. The predicted octanol–water partition coefficient (Wildman–Crippen LogP) is 3.53. The Bertz CT molecular complexity index is 493. The van der Waals surface area contributed by atoms with Gasteiger partial charge in [0.15, 0.2) is 0 Å². The highest BCUT2D eigenvalue weighted by atomic mass is 16.6. The van der Waals surface area contributed by atoms with E-state index >= 15 is 0 Å². The van der Waals surface area contributed by atoms with Gasteiger partial charge in [0.25, 0.3) is 0 Å². The molecular weight excluding hydrogens is 278 g/mol. The van der Waals surface area contributed by atoms with Crippen LogP contribution in [0, 0.1) is 5.41 Å². The Labute approximate surface area is 133 Å². The number of nitrogens with zero attached hydrogens (tertiary/aromatic N) is 2. The summed E-state index contributed by atoms with van der Waals surface area (Å²) in [6.07, 6.45) is 9.44. The number of nitrogens with one attached hydrogen (secondary N) is 1. The lowest BCUT2D eigenvalue weighted by Crippen LogP contribution is -2.35. The molecule has 0 radical (unpaired) electrons. The standard InChI is InChI=1S/C17H29N3O2/c1-5-17(8-6-9-17)12-20-13-18-11-14(20)7-10-19-15(21)22-16(2,3)4/h11,13H,5-10,12H2,1-4H3,(H,19,21). The highest BCUT2D eigenvalue weighted by Crippen LogP contribution is 2.45. The third-order valence-electron chi connectivity index (χ3n) is 4.52. The molecule has 0 unspecified atom stereocenters. The van der Waals surface area contributed by atoms with Crippen molar-refractivity contribution in [2.45, 2.75) is 71.9 Å². The van der Waals surface area contributed by atoms with Gasteiger partial charge in [-0.05, 0) is 45.4 Å². The maximum Gasteiger partial charge on any atom is 0.407 e. The predicted molar refractivity (Wildman–Crippen MR) is 86.7 cm³/mol. The van der Waals surface area contributed by atoms with Gasteiger partial charge in [-0.2, -0.15) is 0 Å². The minimum absolute atomic E-state index is 0.359. The molecule has 0 spiro atoms. The first-order valence-corrected chi connectivity index (χ1v) is 8.29. The molecule has 124 valence electrons. The van der Waals surface area contributed by atoms with Crippen molar-refractivity contribution < 1.29 is 9.53 Å². The second-order valence-electron chi connectivity index (χ2n) is 7.40. The van der Waals surface area contributed by atoms with Crippen LogP contribution in [0.2, 0.25) is 0 Å². The molecule has 2 rings (SSSR count). The summed E-state index contributed by atoms with van der Waals surface area (Å²) >= 11 is 0. The van der Waals surface area contributed by atoms with Gasteiger partial charge in [0.1, 0.15) is 5.60 Å². The van der Waals surface area contributed by atoms with Crippen LogP contribution in [0.4, 0.5) is 4.79 Å². The van der Waals surface area contributed by atoms with Crippen LogP contribution in [-0.4, -0.2) is 27.8 Å². The lowest BCUT2D eigenvalue weighted by atomic mass is 9.67. The van der Waals surface area contributed by atoms with Crippen molar-refractivity contribution in [3.05, 3.63) is 18.2 Å². The topological polar surface area (TPSA) is 56.2 Å². The zero-order chi connectivity index (χ0) is 16.2. The fourth-order valence-corrected chi connectivity index (χ4v) is 2.97. The first-order valence-electron chi connectivity index (χ1n) is 8.29. The normalized spacial score (nSPS) is 16.9. The van der Waals surface area contributed by atoms with E-state index in [2.05, 4.69) is 21.8 Å². The Morgan fingerprint density at radius 1 is 1.45 bits per heavy atom. The number of carbonyl (C=O) groups is 1. The summed E-state index contributed by atoms with van der Waals surface area (Å²) in [6.45, 7) is 9.49. The van der Waals surface area contributed by atoms with Gasteiger partial charge in [-0.25, -0.2) is 9.78 Å². The molecule has 5 heteroatoms. The fourth-order valence-electron chi connectivity index (χ4n) is 2.97. The van der Waals surface area contributed by atoms with Crippen molar-refractivity contribution >= 4 is 6.09 Å². The van der Waals surface area contributed by atoms with Gasteiger partial charge in [0, 0.05) is 31.4 Å². The van der Waals surface area contributed by atoms with Crippen LogP contribution >= 0.6 is 0 Å². The molecule has 5 nitrogen and oxygen atoms in total. The Kier molecular flexibility index (Phi) is 5.14. The van der Waals surface area contributed by atoms with E-state index in [4.69, 9.17) is 4.74 Å². The van der Waals surface area contributed by atoms with E-state index in [0.29, 0.717) is 12.0 Å². The van der Waals surface area contributed by atoms with E-state index in [9.17, 15) is 4.79 Å². The number of hydrogen-bond donors (Lipinski definition) is 1. The Morgan fingerprint density at radius 2 is 2.18 bits per heavy atom. The zero-order valence-electron chi connectivity index (χ0n) is 14.3. The summed E-state index contributed by atoms with van der Waals surface area (Å²) in [5, 5.41) is 2.81. The molecule has 1 saturated carbocycles. The van der Waals surface area contributed by atoms with Gasteiger partial charge < -0.3 is 14.6 Å². The highest BCUT2D eigenvalue weighted by Gasteiger charge is 2.35. The number of ether oxygens (including phenoxy) is 1. The summed E-state index contributed by atoms with van der Waals surface area (Å²) in [7, 11) is 0. The molecule has 1 amide bonds. The van der Waals surface area contributed by atoms with Crippen molar-refractivity contribution in [2.75, 3.05) is 6.54 Å². The van der Waals surface area contributed by atoms with Gasteiger partial charge in [0.05, 0.1) is 6.33 Å². The first kappa shape index (κ1) is 16.8. The van der Waals surface area contributed by atoms with Crippen molar-refractivity contribution in [1.82, 2.24) is 14.9 Å². The lowest BCUT2D eigenvalue weighted by molar-refractivity contribution is 0.0528. The highest BCUT2D eigenvalue weighted by molar-refractivity contribution is 5.67. The van der Waals surface area contributed by atoms with Gasteiger partial charge in [-0.15, -0.1) is 0 Å². The van der Waals surface area contributed by atoms with Crippen LogP contribution in [0.15, 0.2) is 12.5 Å². The largest absolute Gasteiger partial charge is 0.444 e. The van der Waals surface area contributed by atoms with Crippen LogP contribution in [0.25, 0.3) is 0 Å². The number of carbonyl (C=O) groups excluding carboxylic acids is 1. The fraction of sp³-hybridized carbons (Fsp3) is 0.765. The summed E-state index contributed by atoms with van der Waals surface area (Å²) in [4.78, 5) is 15.9. The Morgan fingerprint density at radius 3 is 2.73 bits per heavy atom. The molecule has 1 aliphatic carbocycles. The SMILES string of the molecule is CCC1(Cn2cncc2CCNC(=O)OC(C)(C)C)CCC1. The molecule has 1 heterocycles. The summed E-state index contributed by atoms with van der Waals surface area (Å²) in [5.74, 6) is 0. The molecule has 1 aliphatic rings. The van der Waals surface area contributed by atoms with Gasteiger partial charge in [-0.1, -0.05) is 13.3 Å². The maximum atomic E-state index is 11.6. The molecule has 1 aromatic rings. The molecule has 1 aromatic heterocycles. The Balaban J connectivity index is 1.82. The molecule has 0 atom stereocenters. The molecule has 0 aliphatic heterocycles. The quantitative estimate of drug-likeness (QED) is 0.874. The first-order chi connectivity index (χ1) is 10.3. The van der Waals surface area contributed by atoms with Gasteiger partial charge >= 0.3 is 6.09 Å². The number of alkyl carbamates (subject to hydrolysis) is 1. The third kappa shape index (κ3) is 4.49. The van der Waals surface area contributed by atoms with E-state index in [-0.39, 0.29) is 6.09 Å². The number of rotatable bonds is 6. The summed E-state index contributed by atoms with van der Waals surface area (Å²) in [6, 6.07) is 0. The van der Waals surface area contributed by atoms with E-state index in [0.717, 1.165) is 13.0 Å². The third-order valence-corrected chi connectivity index (χ3v) is 4.52. The lowest BCUT2D eigenvalue weighted by Gasteiger charge is -2.41. The average molecular weight is 307 g/mol. The minimum Gasteiger partial charge on any atom is -0.444 e. The van der Waals surface area contributed by atoms with E-state index in [1.165, 1.54) is 31.4 Å². The molecule has 0 saturated heterocycles. The second kappa shape index (κ2) is 6.71. The van der Waals surface area contributed by atoms with Gasteiger partial charge in [-0.3, -0.25) is 0 Å². The zero-order valence-corrected chi connectivity index (χ0v) is 14.3. The maximum absolute atomic E-state index is 11.6. The van der Waals surface area contributed by atoms with Crippen molar-refractivity contribution in [3.63, 3.8) is 0 Å². The number of imidazole rings is 1. The van der Waals surface area contributed by atoms with Crippen LogP contribution in [-0.2, 0) is 17.7 Å². The van der Waals surface area contributed by atoms with Crippen LogP contribution in [0.5, 0.6) is 0 Å². The smallest absolute Gasteiger partial charge is 0.407 e. The summed E-state index contributed by atoms with van der Waals surface area (Å²) in [5.41, 5.74) is 1.19. The van der Waals surface area contributed by atoms with Crippen LogP contribution in [0.1, 0.15) is 59.1 Å². The Hall–Kier alpha value is -1.52. The van der Waals surface area contributed by atoms with Crippen molar-refractivity contribution in [2.24, 2.45) is 5.41 Å².